The van der Waals surface area contributed by atoms with Crippen molar-refractivity contribution in [3.63, 3.8) is 0 Å². The molecule has 0 spiro atoms. The molecular weight excluding hydrogens is 250 g/mol. The predicted molar refractivity (Wildman–Crippen MR) is 60.0 cm³/mol. The largest absolute Gasteiger partial charge is 0.365 e. The van der Waals surface area contributed by atoms with Crippen molar-refractivity contribution in [1.82, 2.24) is 9.29 Å². The maximum absolute atomic E-state index is 12.2. The number of aromatic nitrogens is 1. The van der Waals surface area contributed by atoms with Gasteiger partial charge in [0, 0.05) is 19.1 Å². The summed E-state index contributed by atoms with van der Waals surface area (Å²) in [7, 11) is -3.39. The fraction of sp³-hybridized carbons (Fsp3) is 0.444. The molecule has 16 heavy (non-hydrogen) atoms. The van der Waals surface area contributed by atoms with Gasteiger partial charge in [-0.1, -0.05) is 11.6 Å². The van der Waals surface area contributed by atoms with Gasteiger partial charge >= 0.3 is 0 Å². The Bertz CT molecular complexity index is 546. The predicted octanol–water partition coefficient (Wildman–Crippen LogP) is 0.924. The van der Waals surface area contributed by atoms with E-state index in [1.54, 1.807) is 0 Å². The minimum atomic E-state index is -3.39. The number of nitrogens with zero attached hydrogens (tertiary/aromatic N) is 2. The number of fused-ring (bicyclic) bond motifs is 3. The third-order valence-electron chi connectivity index (χ3n) is 2.93. The van der Waals surface area contributed by atoms with Crippen LogP contribution in [0.15, 0.2) is 17.0 Å². The Morgan fingerprint density at radius 2 is 2.31 bits per heavy atom. The zero-order valence-corrected chi connectivity index (χ0v) is 9.92. The number of hydrogen-bond donors (Lipinski definition) is 1. The van der Waals surface area contributed by atoms with Gasteiger partial charge in [0.25, 0.3) is 0 Å². The second kappa shape index (κ2) is 3.32. The number of pyridine rings is 1. The molecule has 0 aliphatic carbocycles. The molecule has 3 rings (SSSR count). The zero-order chi connectivity index (χ0) is 11.3. The van der Waals surface area contributed by atoms with Crippen molar-refractivity contribution in [1.29, 1.82) is 0 Å². The second-order valence-electron chi connectivity index (χ2n) is 3.97. The molecule has 0 saturated carbocycles. The molecule has 0 amide bonds. The minimum absolute atomic E-state index is 0.141. The molecule has 1 aromatic rings. The lowest BCUT2D eigenvalue weighted by molar-refractivity contribution is 0.478. The van der Waals surface area contributed by atoms with Gasteiger partial charge in [-0.25, -0.2) is 13.4 Å². The van der Waals surface area contributed by atoms with Crippen molar-refractivity contribution >= 4 is 27.4 Å². The Labute approximate surface area is 98.5 Å². The summed E-state index contributed by atoms with van der Waals surface area (Å²) in [6.45, 7) is 1.08. The highest BCUT2D eigenvalue weighted by molar-refractivity contribution is 7.89. The molecule has 0 radical (unpaired) electrons. The maximum Gasteiger partial charge on any atom is 0.246 e. The van der Waals surface area contributed by atoms with Gasteiger partial charge in [-0.05, 0) is 18.6 Å². The summed E-state index contributed by atoms with van der Waals surface area (Å²) in [5.74, 6) is 0.375. The summed E-state index contributed by atoms with van der Waals surface area (Å²) in [6, 6.07) is 3.15. The van der Waals surface area contributed by atoms with Crippen LogP contribution >= 0.6 is 11.6 Å². The number of rotatable bonds is 0. The fourth-order valence-electron chi connectivity index (χ4n) is 2.13. The second-order valence-corrected chi connectivity index (χ2v) is 6.27. The van der Waals surface area contributed by atoms with E-state index in [4.69, 9.17) is 11.6 Å². The van der Waals surface area contributed by atoms with Crippen LogP contribution in [0.2, 0.25) is 5.15 Å². The molecule has 2 aliphatic heterocycles. The number of hydrogen-bond acceptors (Lipinski definition) is 4. The van der Waals surface area contributed by atoms with Crippen LogP contribution in [-0.2, 0) is 10.0 Å². The van der Waals surface area contributed by atoms with E-state index >= 15 is 0 Å². The monoisotopic (exact) mass is 259 g/mol. The van der Waals surface area contributed by atoms with Crippen molar-refractivity contribution in [2.24, 2.45) is 0 Å². The number of anilines is 1. The standard InChI is InChI=1S/C9H10ClN3O2S/c10-8-2-1-7-9(12-8)11-6-3-4-13(5-6)16(7,14)15/h1-2,6H,3-5H2,(H,11,12). The normalized spacial score (nSPS) is 30.3. The molecule has 2 aliphatic rings. The molecule has 3 heterocycles. The molecule has 2 bridgehead atoms. The molecule has 1 aromatic heterocycles. The van der Waals surface area contributed by atoms with E-state index in [9.17, 15) is 8.42 Å². The van der Waals surface area contributed by atoms with Gasteiger partial charge in [-0.15, -0.1) is 0 Å². The van der Waals surface area contributed by atoms with Gasteiger partial charge in [-0.3, -0.25) is 0 Å². The van der Waals surface area contributed by atoms with Gasteiger partial charge < -0.3 is 5.32 Å². The molecule has 1 N–H and O–H groups in total. The van der Waals surface area contributed by atoms with E-state index in [0.29, 0.717) is 24.1 Å². The van der Waals surface area contributed by atoms with Gasteiger partial charge in [0.2, 0.25) is 10.0 Å². The molecule has 0 aromatic carbocycles. The van der Waals surface area contributed by atoms with E-state index in [1.165, 1.54) is 16.4 Å². The van der Waals surface area contributed by atoms with Crippen LogP contribution in [0.5, 0.6) is 0 Å². The van der Waals surface area contributed by atoms with E-state index in [0.717, 1.165) is 6.42 Å². The topological polar surface area (TPSA) is 62.3 Å². The summed E-state index contributed by atoms with van der Waals surface area (Å²) in [5.41, 5.74) is 0. The molecule has 2 unspecified atom stereocenters. The molecule has 86 valence electrons. The zero-order valence-electron chi connectivity index (χ0n) is 8.35. The number of halogens is 1. The van der Waals surface area contributed by atoms with Crippen molar-refractivity contribution in [2.45, 2.75) is 17.4 Å². The highest BCUT2D eigenvalue weighted by atomic mass is 35.5. The summed E-state index contributed by atoms with van der Waals surface area (Å²) in [5, 5.41) is 3.43. The first-order valence-corrected chi connectivity index (χ1v) is 6.82. The minimum Gasteiger partial charge on any atom is -0.365 e. The first kappa shape index (κ1) is 10.3. The van der Waals surface area contributed by atoms with Gasteiger partial charge in [0.15, 0.2) is 0 Å². The van der Waals surface area contributed by atoms with Crippen LogP contribution in [0.4, 0.5) is 5.82 Å². The van der Waals surface area contributed by atoms with Crippen LogP contribution < -0.4 is 5.32 Å². The van der Waals surface area contributed by atoms with E-state index in [-0.39, 0.29) is 10.9 Å². The molecule has 5 nitrogen and oxygen atoms in total. The quantitative estimate of drug-likeness (QED) is 0.704. The Balaban J connectivity index is 2.23. The Morgan fingerprint density at radius 1 is 1.50 bits per heavy atom. The third-order valence-corrected chi connectivity index (χ3v) is 5.04. The average molecular weight is 260 g/mol. The highest BCUT2D eigenvalue weighted by Crippen LogP contribution is 2.32. The average Bonchev–Trinajstić information content (AvgIpc) is 2.62. The SMILES string of the molecule is O=S1(=O)c2ccc(Cl)nc2NC2CCN1C2. The third kappa shape index (κ3) is 1.41. The lowest BCUT2D eigenvalue weighted by Gasteiger charge is -2.15. The molecule has 1 saturated heterocycles. The van der Waals surface area contributed by atoms with E-state index in [2.05, 4.69) is 10.3 Å². The van der Waals surface area contributed by atoms with Crippen molar-refractivity contribution in [3.05, 3.63) is 17.3 Å². The summed E-state index contributed by atoms with van der Waals surface area (Å²) < 4.78 is 25.9. The van der Waals surface area contributed by atoms with Crippen LogP contribution in [0.3, 0.4) is 0 Å². The van der Waals surface area contributed by atoms with Gasteiger partial charge in [0.1, 0.15) is 15.9 Å². The van der Waals surface area contributed by atoms with Crippen molar-refractivity contribution < 1.29 is 8.42 Å². The van der Waals surface area contributed by atoms with E-state index < -0.39 is 10.0 Å². The van der Waals surface area contributed by atoms with Crippen LogP contribution in [0.1, 0.15) is 6.42 Å². The van der Waals surface area contributed by atoms with Crippen molar-refractivity contribution in [2.75, 3.05) is 18.4 Å². The fourth-order valence-corrected chi connectivity index (χ4v) is 3.87. The number of sulfonamides is 1. The Morgan fingerprint density at radius 3 is 3.12 bits per heavy atom. The van der Waals surface area contributed by atoms with Crippen LogP contribution in [0.25, 0.3) is 0 Å². The van der Waals surface area contributed by atoms with Crippen LogP contribution in [-0.4, -0.2) is 36.8 Å². The number of nitrogens with one attached hydrogen (secondary N) is 1. The molecule has 2 atom stereocenters. The van der Waals surface area contributed by atoms with Gasteiger partial charge in [-0.2, -0.15) is 4.31 Å². The smallest absolute Gasteiger partial charge is 0.246 e. The maximum atomic E-state index is 12.2. The summed E-state index contributed by atoms with van der Waals surface area (Å²) in [6.07, 6.45) is 0.812. The van der Waals surface area contributed by atoms with Gasteiger partial charge in [0.05, 0.1) is 0 Å². The van der Waals surface area contributed by atoms with E-state index in [1.807, 2.05) is 0 Å². The summed E-state index contributed by atoms with van der Waals surface area (Å²) in [4.78, 5) is 4.26. The highest BCUT2D eigenvalue weighted by Gasteiger charge is 2.38. The summed E-state index contributed by atoms with van der Waals surface area (Å²) >= 11 is 5.77. The van der Waals surface area contributed by atoms with Crippen LogP contribution in [0, 0.1) is 0 Å². The molecular formula is C9H10ClN3O2S. The Kier molecular flexibility index (Phi) is 2.14. The lowest BCUT2D eigenvalue weighted by Crippen LogP contribution is -2.28. The first-order chi connectivity index (χ1) is 7.57. The molecule has 7 heteroatoms. The van der Waals surface area contributed by atoms with Crippen molar-refractivity contribution in [3.8, 4) is 0 Å². The Hall–Kier alpha value is -0.850. The molecule has 1 fully saturated rings. The first-order valence-electron chi connectivity index (χ1n) is 5.00. The lowest BCUT2D eigenvalue weighted by atomic mass is 10.2.